The Morgan fingerprint density at radius 2 is 2.53 bits per heavy atom. The summed E-state index contributed by atoms with van der Waals surface area (Å²) in [5.41, 5.74) is 6.12. The topological polar surface area (TPSA) is 76.3 Å². The van der Waals surface area contributed by atoms with Crippen molar-refractivity contribution in [2.24, 2.45) is 5.73 Å². The van der Waals surface area contributed by atoms with Crippen LogP contribution in [0.5, 0.6) is 0 Å². The molecule has 0 aromatic carbocycles. The van der Waals surface area contributed by atoms with E-state index in [1.54, 1.807) is 12.3 Å². The molecule has 0 radical (unpaired) electrons. The van der Waals surface area contributed by atoms with Crippen molar-refractivity contribution in [3.8, 4) is 0 Å². The Hall–Kier alpha value is -1.31. The summed E-state index contributed by atoms with van der Waals surface area (Å²) >= 11 is 4.89. The van der Waals surface area contributed by atoms with Gasteiger partial charge in [0, 0.05) is 25.8 Å². The molecule has 1 aliphatic rings. The van der Waals surface area contributed by atoms with Gasteiger partial charge < -0.3 is 15.8 Å². The molecular weight excluding hydrogens is 262 g/mol. The number of likely N-dealkylation sites (N-methyl/N-ethyl adjacent to an activating group) is 1. The number of hydrogen-bond acceptors (Lipinski definition) is 6. The number of aromatic nitrogens is 2. The Bertz CT molecular complexity index is 442. The van der Waals surface area contributed by atoms with Crippen LogP contribution in [0.2, 0.25) is 0 Å². The molecule has 1 aromatic rings. The van der Waals surface area contributed by atoms with Gasteiger partial charge in [-0.05, 0) is 12.6 Å². The first kappa shape index (κ1) is 14.1. The van der Waals surface area contributed by atoms with Gasteiger partial charge in [-0.15, -0.1) is 0 Å². The Morgan fingerprint density at radius 1 is 1.68 bits per heavy atom. The van der Waals surface area contributed by atoms with Gasteiger partial charge >= 0.3 is 0 Å². The molecule has 7 heteroatoms. The second-order valence-electron chi connectivity index (χ2n) is 4.40. The van der Waals surface area contributed by atoms with E-state index in [2.05, 4.69) is 27.1 Å². The molecule has 1 saturated heterocycles. The van der Waals surface area contributed by atoms with E-state index in [0.717, 1.165) is 26.2 Å². The fourth-order valence-electron chi connectivity index (χ4n) is 1.98. The van der Waals surface area contributed by atoms with Crippen molar-refractivity contribution in [3.05, 3.63) is 18.0 Å². The molecule has 1 fully saturated rings. The molecule has 1 atom stereocenters. The van der Waals surface area contributed by atoms with Crippen molar-refractivity contribution in [3.63, 3.8) is 0 Å². The summed E-state index contributed by atoms with van der Waals surface area (Å²) < 4.78 is 5.70. The summed E-state index contributed by atoms with van der Waals surface area (Å²) in [5.74, 6) is 0.530. The molecule has 0 spiro atoms. The van der Waals surface area contributed by atoms with Gasteiger partial charge in [0.25, 0.3) is 0 Å². The highest BCUT2D eigenvalue weighted by Crippen LogP contribution is 2.06. The molecule has 1 unspecified atom stereocenters. The van der Waals surface area contributed by atoms with Crippen molar-refractivity contribution in [1.82, 2.24) is 14.9 Å². The normalized spacial score (nSPS) is 20.2. The number of ether oxygens (including phenoxy) is 1. The number of rotatable bonds is 5. The summed E-state index contributed by atoms with van der Waals surface area (Å²) in [4.78, 5) is 11.0. The maximum absolute atomic E-state index is 5.70. The first-order valence-corrected chi connectivity index (χ1v) is 6.80. The molecule has 0 saturated carbocycles. The lowest BCUT2D eigenvalue weighted by Crippen LogP contribution is -2.45. The van der Waals surface area contributed by atoms with E-state index < -0.39 is 0 Å². The van der Waals surface area contributed by atoms with Crippen LogP contribution in [0.4, 0.5) is 5.95 Å². The van der Waals surface area contributed by atoms with Crippen LogP contribution in [0.1, 0.15) is 12.6 Å². The van der Waals surface area contributed by atoms with Gasteiger partial charge in [0.05, 0.1) is 12.7 Å². The number of nitrogens with zero attached hydrogens (tertiary/aromatic N) is 3. The second-order valence-corrected chi connectivity index (χ2v) is 4.84. The standard InChI is InChI=1S/C12H19N5OS/c1-2-17-5-6-18-9(8-17)7-15-12-14-4-3-10(16-12)11(13)19/h3-4,9H,2,5-8H2,1H3,(H2,13,19)(H,14,15,16). The number of thiocarbonyl (C=S) groups is 1. The molecule has 0 bridgehead atoms. The number of nitrogens with one attached hydrogen (secondary N) is 1. The lowest BCUT2D eigenvalue weighted by Gasteiger charge is -2.32. The molecule has 2 heterocycles. The van der Waals surface area contributed by atoms with Gasteiger partial charge in [-0.25, -0.2) is 9.97 Å². The highest BCUT2D eigenvalue weighted by molar-refractivity contribution is 7.80. The minimum atomic E-state index is 0.158. The number of nitrogens with two attached hydrogens (primary N) is 1. The number of hydrogen-bond donors (Lipinski definition) is 2. The van der Waals surface area contributed by atoms with Crippen molar-refractivity contribution < 1.29 is 4.74 Å². The molecule has 6 nitrogen and oxygen atoms in total. The summed E-state index contributed by atoms with van der Waals surface area (Å²) in [6, 6.07) is 1.70. The minimum absolute atomic E-state index is 0.158. The molecule has 1 aliphatic heterocycles. The average molecular weight is 281 g/mol. The first-order chi connectivity index (χ1) is 9.19. The average Bonchev–Trinajstić information content (AvgIpc) is 2.45. The lowest BCUT2D eigenvalue weighted by molar-refractivity contribution is -0.0192. The van der Waals surface area contributed by atoms with E-state index in [-0.39, 0.29) is 11.1 Å². The first-order valence-electron chi connectivity index (χ1n) is 6.39. The molecule has 2 rings (SSSR count). The van der Waals surface area contributed by atoms with Crippen LogP contribution < -0.4 is 11.1 Å². The van der Waals surface area contributed by atoms with Gasteiger partial charge in [-0.2, -0.15) is 0 Å². The van der Waals surface area contributed by atoms with Crippen LogP contribution in [-0.4, -0.2) is 58.7 Å². The van der Waals surface area contributed by atoms with E-state index in [4.69, 9.17) is 22.7 Å². The molecule has 0 aliphatic carbocycles. The fraction of sp³-hybridized carbons (Fsp3) is 0.583. The second kappa shape index (κ2) is 6.74. The third kappa shape index (κ3) is 4.09. The SMILES string of the molecule is CCN1CCOC(CNc2nccc(C(N)=S)n2)C1. The smallest absolute Gasteiger partial charge is 0.223 e. The highest BCUT2D eigenvalue weighted by atomic mass is 32.1. The molecular formula is C12H19N5OS. The van der Waals surface area contributed by atoms with E-state index in [9.17, 15) is 0 Å². The van der Waals surface area contributed by atoms with E-state index in [0.29, 0.717) is 18.2 Å². The quantitative estimate of drug-likeness (QED) is 0.749. The van der Waals surface area contributed by atoms with Crippen molar-refractivity contribution >= 4 is 23.2 Å². The summed E-state index contributed by atoms with van der Waals surface area (Å²) in [6.07, 6.45) is 1.80. The van der Waals surface area contributed by atoms with Gasteiger partial charge in [-0.3, -0.25) is 4.90 Å². The van der Waals surface area contributed by atoms with Crippen molar-refractivity contribution in [2.45, 2.75) is 13.0 Å². The van der Waals surface area contributed by atoms with Gasteiger partial charge in [0.15, 0.2) is 0 Å². The highest BCUT2D eigenvalue weighted by Gasteiger charge is 2.19. The van der Waals surface area contributed by atoms with E-state index in [1.165, 1.54) is 0 Å². The maximum atomic E-state index is 5.70. The zero-order valence-electron chi connectivity index (χ0n) is 11.0. The van der Waals surface area contributed by atoms with Crippen LogP contribution in [-0.2, 0) is 4.74 Å². The van der Waals surface area contributed by atoms with Crippen LogP contribution in [0.3, 0.4) is 0 Å². The van der Waals surface area contributed by atoms with Crippen LogP contribution in [0.15, 0.2) is 12.3 Å². The minimum Gasteiger partial charge on any atom is -0.388 e. The Balaban J connectivity index is 1.88. The third-order valence-corrected chi connectivity index (χ3v) is 3.28. The van der Waals surface area contributed by atoms with E-state index >= 15 is 0 Å². The molecule has 19 heavy (non-hydrogen) atoms. The van der Waals surface area contributed by atoms with Gasteiger partial charge in [0.2, 0.25) is 5.95 Å². The largest absolute Gasteiger partial charge is 0.388 e. The fourth-order valence-corrected chi connectivity index (χ4v) is 2.09. The molecule has 3 N–H and O–H groups in total. The molecule has 1 aromatic heterocycles. The van der Waals surface area contributed by atoms with Crippen molar-refractivity contribution in [1.29, 1.82) is 0 Å². The zero-order valence-corrected chi connectivity index (χ0v) is 11.8. The van der Waals surface area contributed by atoms with Crippen LogP contribution in [0, 0.1) is 0 Å². The predicted molar refractivity (Wildman–Crippen MR) is 78.3 cm³/mol. The number of anilines is 1. The molecule has 0 amide bonds. The Labute approximate surface area is 118 Å². The maximum Gasteiger partial charge on any atom is 0.223 e. The summed E-state index contributed by atoms with van der Waals surface area (Å²) in [6.45, 7) is 6.59. The van der Waals surface area contributed by atoms with E-state index in [1.807, 2.05) is 0 Å². The number of morpholine rings is 1. The Kier molecular flexibility index (Phi) is 5.00. The predicted octanol–water partition coefficient (Wildman–Crippen LogP) is 0.243. The molecule has 104 valence electrons. The summed E-state index contributed by atoms with van der Waals surface area (Å²) in [7, 11) is 0. The Morgan fingerprint density at radius 3 is 3.26 bits per heavy atom. The van der Waals surface area contributed by atoms with Gasteiger partial charge in [-0.1, -0.05) is 19.1 Å². The van der Waals surface area contributed by atoms with Gasteiger partial charge in [0.1, 0.15) is 10.7 Å². The van der Waals surface area contributed by atoms with Crippen LogP contribution in [0.25, 0.3) is 0 Å². The monoisotopic (exact) mass is 281 g/mol. The van der Waals surface area contributed by atoms with Crippen molar-refractivity contribution in [2.75, 3.05) is 38.1 Å². The third-order valence-electron chi connectivity index (χ3n) is 3.07. The zero-order chi connectivity index (χ0) is 13.7. The van der Waals surface area contributed by atoms with Crippen LogP contribution >= 0.6 is 12.2 Å². The summed E-state index contributed by atoms with van der Waals surface area (Å²) in [5, 5.41) is 3.17. The lowest BCUT2D eigenvalue weighted by atomic mass is 10.2.